The zero-order chi connectivity index (χ0) is 23.9. The van der Waals surface area contributed by atoms with E-state index in [1.807, 2.05) is 22.8 Å². The zero-order valence-electron chi connectivity index (χ0n) is 20.2. The molecule has 0 radical (unpaired) electrons. The summed E-state index contributed by atoms with van der Waals surface area (Å²) in [5.41, 5.74) is 4.11. The predicted molar refractivity (Wildman–Crippen MR) is 133 cm³/mol. The second kappa shape index (κ2) is 11.0. The summed E-state index contributed by atoms with van der Waals surface area (Å²) < 4.78 is 3.49. The lowest BCUT2D eigenvalue weighted by molar-refractivity contribution is 0.518. The average Bonchev–Trinajstić information content (AvgIpc) is 3.47. The van der Waals surface area contributed by atoms with Crippen LogP contribution >= 0.6 is 0 Å². The van der Waals surface area contributed by atoms with Crippen LogP contribution in [-0.4, -0.2) is 35.0 Å². The van der Waals surface area contributed by atoms with Crippen LogP contribution < -0.4 is 5.69 Å². The summed E-state index contributed by atoms with van der Waals surface area (Å²) in [6.07, 6.45) is 5.27. The van der Waals surface area contributed by atoms with Crippen LogP contribution in [0.4, 0.5) is 0 Å². The number of hydrogen-bond donors (Lipinski definition) is 1. The van der Waals surface area contributed by atoms with E-state index in [0.29, 0.717) is 24.8 Å². The van der Waals surface area contributed by atoms with Gasteiger partial charge in [0.1, 0.15) is 5.82 Å². The van der Waals surface area contributed by atoms with Crippen molar-refractivity contribution in [3.05, 3.63) is 70.4 Å². The third-order valence-corrected chi connectivity index (χ3v) is 5.95. The fraction of sp³-hybridized carbons (Fsp3) is 0.423. The highest BCUT2D eigenvalue weighted by Crippen LogP contribution is 2.29. The lowest BCUT2D eigenvalue weighted by Crippen LogP contribution is -2.26. The highest BCUT2D eigenvalue weighted by molar-refractivity contribution is 5.80. The first kappa shape index (κ1) is 23.6. The maximum Gasteiger partial charge on any atom is 0.346 e. The standard InChI is InChI=1S/C26H33N7O/c1-4-5-6-9-16-33-26(34)32(24(29-33)17-19(2)3)18-20-12-14-21(15-13-20)22-10-7-8-11-23(22)25-27-30-31-28-25/h7-8,10-15,19H,4-6,9,16-18H2,1-3H3,(H,27,28,30,31). The van der Waals surface area contributed by atoms with E-state index in [-0.39, 0.29) is 5.69 Å². The highest BCUT2D eigenvalue weighted by atomic mass is 16.2. The number of hydrogen-bond acceptors (Lipinski definition) is 5. The fourth-order valence-electron chi connectivity index (χ4n) is 4.18. The Kier molecular flexibility index (Phi) is 7.67. The van der Waals surface area contributed by atoms with Gasteiger partial charge in [0.15, 0.2) is 5.82 Å². The van der Waals surface area contributed by atoms with Crippen molar-refractivity contribution in [2.45, 2.75) is 66.0 Å². The van der Waals surface area contributed by atoms with E-state index in [0.717, 1.165) is 47.3 Å². The van der Waals surface area contributed by atoms with E-state index < -0.39 is 0 Å². The van der Waals surface area contributed by atoms with Crippen molar-refractivity contribution in [2.75, 3.05) is 0 Å². The molecule has 4 aromatic rings. The van der Waals surface area contributed by atoms with Crippen LogP contribution in [0.25, 0.3) is 22.5 Å². The monoisotopic (exact) mass is 459 g/mol. The molecule has 0 aliphatic heterocycles. The van der Waals surface area contributed by atoms with E-state index in [1.165, 1.54) is 12.8 Å². The average molecular weight is 460 g/mol. The molecule has 1 N–H and O–H groups in total. The van der Waals surface area contributed by atoms with Gasteiger partial charge < -0.3 is 0 Å². The zero-order valence-corrected chi connectivity index (χ0v) is 20.2. The van der Waals surface area contributed by atoms with E-state index in [2.05, 4.69) is 71.7 Å². The van der Waals surface area contributed by atoms with Crippen molar-refractivity contribution < 1.29 is 0 Å². The molecule has 0 saturated heterocycles. The molecule has 2 heterocycles. The minimum Gasteiger partial charge on any atom is -0.274 e. The lowest BCUT2D eigenvalue weighted by Gasteiger charge is -2.10. The molecule has 4 rings (SSSR count). The van der Waals surface area contributed by atoms with Gasteiger partial charge in [-0.2, -0.15) is 5.10 Å². The predicted octanol–water partition coefficient (Wildman–Crippen LogP) is 4.72. The summed E-state index contributed by atoms with van der Waals surface area (Å²) in [5, 5.41) is 19.0. The van der Waals surface area contributed by atoms with Crippen molar-refractivity contribution in [1.82, 2.24) is 35.0 Å². The molecule has 0 fully saturated rings. The number of aromatic amines is 1. The molecular formula is C26H33N7O. The quantitative estimate of drug-likeness (QED) is 0.328. The first-order valence-electron chi connectivity index (χ1n) is 12.2. The van der Waals surface area contributed by atoms with Crippen LogP contribution in [-0.2, 0) is 19.5 Å². The van der Waals surface area contributed by atoms with Crippen molar-refractivity contribution in [3.63, 3.8) is 0 Å². The maximum atomic E-state index is 13.1. The third kappa shape index (κ3) is 5.50. The summed E-state index contributed by atoms with van der Waals surface area (Å²) in [6.45, 7) is 7.71. The maximum absolute atomic E-state index is 13.1. The van der Waals surface area contributed by atoms with Crippen molar-refractivity contribution in [1.29, 1.82) is 0 Å². The van der Waals surface area contributed by atoms with Crippen LogP contribution in [0.5, 0.6) is 0 Å². The van der Waals surface area contributed by atoms with Gasteiger partial charge in [0.25, 0.3) is 0 Å². The van der Waals surface area contributed by atoms with Crippen molar-refractivity contribution in [3.8, 4) is 22.5 Å². The molecule has 0 spiro atoms. The van der Waals surface area contributed by atoms with Gasteiger partial charge in [-0.05, 0) is 39.5 Å². The second-order valence-corrected chi connectivity index (χ2v) is 9.16. The number of unbranched alkanes of at least 4 members (excludes halogenated alkanes) is 3. The third-order valence-electron chi connectivity index (χ3n) is 5.95. The molecule has 0 bridgehead atoms. The van der Waals surface area contributed by atoms with Crippen LogP contribution in [0.3, 0.4) is 0 Å². The summed E-state index contributed by atoms with van der Waals surface area (Å²) >= 11 is 0. The Balaban J connectivity index is 1.57. The number of aryl methyl sites for hydroxylation is 1. The summed E-state index contributed by atoms with van der Waals surface area (Å²) in [4.78, 5) is 13.1. The van der Waals surface area contributed by atoms with Gasteiger partial charge in [0.05, 0.1) is 6.54 Å². The van der Waals surface area contributed by atoms with E-state index in [4.69, 9.17) is 5.10 Å². The van der Waals surface area contributed by atoms with Crippen molar-refractivity contribution in [2.24, 2.45) is 5.92 Å². The number of tetrazole rings is 1. The molecule has 2 aromatic carbocycles. The molecule has 178 valence electrons. The number of nitrogens with zero attached hydrogens (tertiary/aromatic N) is 6. The largest absolute Gasteiger partial charge is 0.346 e. The summed E-state index contributed by atoms with van der Waals surface area (Å²) in [5.74, 6) is 1.93. The molecule has 0 atom stereocenters. The van der Waals surface area contributed by atoms with Crippen LogP contribution in [0.1, 0.15) is 57.8 Å². The Bertz CT molecular complexity index is 1240. The molecule has 0 saturated carbocycles. The van der Waals surface area contributed by atoms with Gasteiger partial charge in [0, 0.05) is 18.5 Å². The number of nitrogens with one attached hydrogen (secondary N) is 1. The van der Waals surface area contributed by atoms with Crippen molar-refractivity contribution >= 4 is 0 Å². The Morgan fingerprint density at radius 2 is 1.74 bits per heavy atom. The molecule has 0 aliphatic rings. The topological polar surface area (TPSA) is 94.3 Å². The number of benzene rings is 2. The van der Waals surface area contributed by atoms with Crippen LogP contribution in [0.2, 0.25) is 0 Å². The first-order chi connectivity index (χ1) is 16.6. The molecule has 0 aliphatic carbocycles. The van der Waals surface area contributed by atoms with Crippen LogP contribution in [0.15, 0.2) is 53.3 Å². The molecule has 8 heteroatoms. The Labute approximate surface area is 200 Å². The molecular weight excluding hydrogens is 426 g/mol. The Morgan fingerprint density at radius 3 is 2.41 bits per heavy atom. The lowest BCUT2D eigenvalue weighted by atomic mass is 9.98. The first-order valence-corrected chi connectivity index (χ1v) is 12.2. The van der Waals surface area contributed by atoms with Gasteiger partial charge >= 0.3 is 5.69 Å². The van der Waals surface area contributed by atoms with Gasteiger partial charge in [-0.25, -0.2) is 14.6 Å². The number of aromatic nitrogens is 7. The van der Waals surface area contributed by atoms with E-state index in [9.17, 15) is 4.79 Å². The molecule has 0 amide bonds. The Hall–Kier alpha value is -3.55. The van der Waals surface area contributed by atoms with E-state index >= 15 is 0 Å². The number of rotatable bonds is 11. The van der Waals surface area contributed by atoms with E-state index in [1.54, 1.807) is 4.68 Å². The normalized spacial score (nSPS) is 11.4. The van der Waals surface area contributed by atoms with Gasteiger partial charge in [-0.15, -0.1) is 5.10 Å². The Morgan fingerprint density at radius 1 is 0.971 bits per heavy atom. The minimum absolute atomic E-state index is 0.0145. The van der Waals surface area contributed by atoms with Gasteiger partial charge in [-0.3, -0.25) is 4.57 Å². The fourth-order valence-corrected chi connectivity index (χ4v) is 4.18. The molecule has 8 nitrogen and oxygen atoms in total. The minimum atomic E-state index is -0.0145. The summed E-state index contributed by atoms with van der Waals surface area (Å²) in [6, 6.07) is 16.4. The summed E-state index contributed by atoms with van der Waals surface area (Å²) in [7, 11) is 0. The van der Waals surface area contributed by atoms with Crippen LogP contribution in [0, 0.1) is 5.92 Å². The SMILES string of the molecule is CCCCCCn1nc(CC(C)C)n(Cc2ccc(-c3ccccc3-c3nnn[nH]3)cc2)c1=O. The second-order valence-electron chi connectivity index (χ2n) is 9.16. The highest BCUT2D eigenvalue weighted by Gasteiger charge is 2.15. The van der Waals surface area contributed by atoms with Gasteiger partial charge in [-0.1, -0.05) is 88.6 Å². The molecule has 2 aromatic heterocycles. The van der Waals surface area contributed by atoms with Gasteiger partial charge in [0.2, 0.25) is 0 Å². The number of H-pyrrole nitrogens is 1. The molecule has 0 unspecified atom stereocenters. The smallest absolute Gasteiger partial charge is 0.274 e. The molecule has 34 heavy (non-hydrogen) atoms.